The Morgan fingerprint density at radius 2 is 1.04 bits per heavy atom. The summed E-state index contributed by atoms with van der Waals surface area (Å²) in [5.41, 5.74) is 12.0. The number of hydrogen-bond donors (Lipinski definition) is 0. The zero-order valence-electron chi connectivity index (χ0n) is 29.8. The third-order valence-corrected chi connectivity index (χ3v) is 12.0. The van der Waals surface area contributed by atoms with Gasteiger partial charge in [0.1, 0.15) is 11.2 Å². The molecule has 2 nitrogen and oxygen atoms in total. The maximum Gasteiger partial charge on any atom is 0.137 e. The summed E-state index contributed by atoms with van der Waals surface area (Å²) in [4.78, 5) is 2.45. The highest BCUT2D eigenvalue weighted by Gasteiger charge is 2.23. The van der Waals surface area contributed by atoms with E-state index in [1.165, 1.54) is 42.1 Å². The topological polar surface area (TPSA) is 16.4 Å². The van der Waals surface area contributed by atoms with Gasteiger partial charge in [-0.3, -0.25) is 0 Å². The maximum absolute atomic E-state index is 6.51. The Morgan fingerprint density at radius 1 is 0.364 bits per heavy atom. The lowest BCUT2D eigenvalue weighted by Crippen LogP contribution is -2.12. The maximum atomic E-state index is 6.51. The van der Waals surface area contributed by atoms with Crippen LogP contribution >= 0.6 is 11.3 Å². The Hall–Kier alpha value is -6.94. The molecule has 11 aromatic rings. The first-order valence-corrected chi connectivity index (χ1v) is 19.5. The minimum atomic E-state index is 0.862. The van der Waals surface area contributed by atoms with Crippen molar-refractivity contribution in [2.45, 2.75) is 0 Å². The Kier molecular flexibility index (Phi) is 7.39. The van der Waals surface area contributed by atoms with Crippen molar-refractivity contribution in [2.75, 3.05) is 4.90 Å². The summed E-state index contributed by atoms with van der Waals surface area (Å²) >= 11 is 1.85. The van der Waals surface area contributed by atoms with E-state index < -0.39 is 0 Å². The molecule has 0 saturated heterocycles. The highest BCUT2D eigenvalue weighted by molar-refractivity contribution is 7.25. The van der Waals surface area contributed by atoms with E-state index in [0.29, 0.717) is 0 Å². The van der Waals surface area contributed by atoms with Crippen LogP contribution < -0.4 is 4.90 Å². The van der Waals surface area contributed by atoms with Crippen LogP contribution in [0.5, 0.6) is 0 Å². The average molecular weight is 720 g/mol. The first-order valence-electron chi connectivity index (χ1n) is 18.7. The molecule has 258 valence electrons. The SMILES string of the molecule is c1ccc(-c2ccc(-c3cccc4ccccc34)cc2N(c2cccc(-c3ccc4sc5ccccc5c4c3)c2)c2cccc3oc4ccccc4c23)cc1. The third-order valence-electron chi connectivity index (χ3n) is 10.9. The molecule has 11 rings (SSSR count). The largest absolute Gasteiger partial charge is 0.456 e. The van der Waals surface area contributed by atoms with Gasteiger partial charge < -0.3 is 9.32 Å². The van der Waals surface area contributed by atoms with Crippen molar-refractivity contribution in [3.8, 4) is 33.4 Å². The van der Waals surface area contributed by atoms with E-state index in [-0.39, 0.29) is 0 Å². The van der Waals surface area contributed by atoms with E-state index in [0.717, 1.165) is 61.3 Å². The fraction of sp³-hybridized carbons (Fsp3) is 0. The van der Waals surface area contributed by atoms with E-state index in [1.54, 1.807) is 0 Å². The molecule has 0 aliphatic rings. The quantitative estimate of drug-likeness (QED) is 0.170. The van der Waals surface area contributed by atoms with Crippen molar-refractivity contribution >= 4 is 81.3 Å². The fourth-order valence-electron chi connectivity index (χ4n) is 8.30. The summed E-state index contributed by atoms with van der Waals surface area (Å²) in [5, 5.41) is 7.24. The number of fused-ring (bicyclic) bond motifs is 7. The van der Waals surface area contributed by atoms with Gasteiger partial charge in [0, 0.05) is 36.8 Å². The van der Waals surface area contributed by atoms with Gasteiger partial charge in [-0.1, -0.05) is 146 Å². The summed E-state index contributed by atoms with van der Waals surface area (Å²) < 4.78 is 9.13. The monoisotopic (exact) mass is 719 g/mol. The van der Waals surface area contributed by atoms with Gasteiger partial charge in [-0.05, 0) is 93.2 Å². The zero-order valence-corrected chi connectivity index (χ0v) is 30.6. The molecule has 3 heteroatoms. The van der Waals surface area contributed by atoms with Crippen molar-refractivity contribution in [2.24, 2.45) is 0 Å². The van der Waals surface area contributed by atoms with Crippen molar-refractivity contribution in [3.05, 3.63) is 200 Å². The van der Waals surface area contributed by atoms with E-state index in [9.17, 15) is 0 Å². The first kappa shape index (κ1) is 31.6. The molecule has 0 bridgehead atoms. The lowest BCUT2D eigenvalue weighted by atomic mass is 9.93. The van der Waals surface area contributed by atoms with Crippen molar-refractivity contribution < 1.29 is 4.42 Å². The number of rotatable bonds is 6. The molecule has 55 heavy (non-hydrogen) atoms. The van der Waals surface area contributed by atoms with Crippen LogP contribution in [0, 0.1) is 0 Å². The van der Waals surface area contributed by atoms with Crippen LogP contribution in [-0.4, -0.2) is 0 Å². The van der Waals surface area contributed by atoms with Gasteiger partial charge in [0.05, 0.1) is 16.8 Å². The van der Waals surface area contributed by atoms with Crippen LogP contribution in [0.1, 0.15) is 0 Å². The van der Waals surface area contributed by atoms with Crippen molar-refractivity contribution in [1.82, 2.24) is 0 Å². The third kappa shape index (κ3) is 5.32. The molecule has 0 unspecified atom stereocenters. The van der Waals surface area contributed by atoms with E-state index in [2.05, 4.69) is 199 Å². The molecular formula is C52H33NOS. The van der Waals surface area contributed by atoms with Crippen LogP contribution in [0.2, 0.25) is 0 Å². The molecule has 0 atom stereocenters. The number of nitrogens with zero attached hydrogens (tertiary/aromatic N) is 1. The lowest BCUT2D eigenvalue weighted by Gasteiger charge is -2.29. The summed E-state index contributed by atoms with van der Waals surface area (Å²) in [7, 11) is 0. The number of anilines is 3. The van der Waals surface area contributed by atoms with E-state index >= 15 is 0 Å². The second-order valence-corrected chi connectivity index (χ2v) is 15.2. The normalized spacial score (nSPS) is 11.6. The van der Waals surface area contributed by atoms with Crippen molar-refractivity contribution in [3.63, 3.8) is 0 Å². The molecule has 2 heterocycles. The smallest absolute Gasteiger partial charge is 0.137 e. The Morgan fingerprint density at radius 3 is 1.96 bits per heavy atom. The Balaban J connectivity index is 1.19. The Labute approximate surface area is 322 Å². The molecule has 2 aromatic heterocycles. The van der Waals surface area contributed by atoms with Gasteiger partial charge in [-0.2, -0.15) is 0 Å². The minimum Gasteiger partial charge on any atom is -0.456 e. The van der Waals surface area contributed by atoms with E-state index in [4.69, 9.17) is 4.42 Å². The molecule has 0 radical (unpaired) electrons. The number of furan rings is 1. The van der Waals surface area contributed by atoms with Gasteiger partial charge >= 0.3 is 0 Å². The molecule has 0 aliphatic carbocycles. The van der Waals surface area contributed by atoms with Crippen LogP contribution in [0.4, 0.5) is 17.1 Å². The van der Waals surface area contributed by atoms with Crippen LogP contribution in [0.3, 0.4) is 0 Å². The standard InChI is InChI=1S/C52H33NOS/c1-2-13-35(14-3-1)42-29-27-38(41-22-11-16-34-15-4-5-19-40(34)41)33-47(42)53(46-23-12-25-49-52(46)44-21-6-8-24-48(44)54-49)39-18-10-17-36(31-39)37-28-30-51-45(32-37)43-20-7-9-26-50(43)55-51/h1-33H. The van der Waals surface area contributed by atoms with Crippen molar-refractivity contribution in [1.29, 1.82) is 0 Å². The number of thiophene rings is 1. The molecule has 0 spiro atoms. The molecule has 9 aromatic carbocycles. The Bertz CT molecular complexity index is 3220. The summed E-state index contributed by atoms with van der Waals surface area (Å²) in [5.74, 6) is 0. The van der Waals surface area contributed by atoms with Gasteiger partial charge in [0.25, 0.3) is 0 Å². The zero-order chi connectivity index (χ0) is 36.3. The van der Waals surface area contributed by atoms with Crippen LogP contribution in [-0.2, 0) is 0 Å². The summed E-state index contributed by atoms with van der Waals surface area (Å²) in [6.45, 7) is 0. The molecular weight excluding hydrogens is 687 g/mol. The summed E-state index contributed by atoms with van der Waals surface area (Å²) in [6.07, 6.45) is 0. The van der Waals surface area contributed by atoms with Crippen LogP contribution in [0.15, 0.2) is 205 Å². The molecule has 0 aliphatic heterocycles. The molecule has 0 amide bonds. The minimum absolute atomic E-state index is 0.862. The average Bonchev–Trinajstić information content (AvgIpc) is 3.83. The first-order chi connectivity index (χ1) is 27.3. The fourth-order valence-corrected chi connectivity index (χ4v) is 9.39. The second-order valence-electron chi connectivity index (χ2n) is 14.1. The number of para-hydroxylation sites is 1. The predicted molar refractivity (Wildman–Crippen MR) is 235 cm³/mol. The molecule has 0 N–H and O–H groups in total. The highest BCUT2D eigenvalue weighted by atomic mass is 32.1. The highest BCUT2D eigenvalue weighted by Crippen LogP contribution is 2.48. The number of hydrogen-bond acceptors (Lipinski definition) is 3. The van der Waals surface area contributed by atoms with Gasteiger partial charge in [0.15, 0.2) is 0 Å². The molecule has 0 saturated carbocycles. The van der Waals surface area contributed by atoms with Gasteiger partial charge in [-0.25, -0.2) is 0 Å². The van der Waals surface area contributed by atoms with Gasteiger partial charge in [0.2, 0.25) is 0 Å². The van der Waals surface area contributed by atoms with Gasteiger partial charge in [-0.15, -0.1) is 11.3 Å². The summed E-state index contributed by atoms with van der Waals surface area (Å²) in [6, 6.07) is 72.4. The molecule has 0 fully saturated rings. The second kappa shape index (κ2) is 12.9. The van der Waals surface area contributed by atoms with E-state index in [1.807, 2.05) is 17.4 Å². The lowest BCUT2D eigenvalue weighted by molar-refractivity contribution is 0.669. The predicted octanol–water partition coefficient (Wildman–Crippen LogP) is 15.6. The van der Waals surface area contributed by atoms with Crippen LogP contribution in [0.25, 0.3) is 86.3 Å². The number of benzene rings is 9.